The topological polar surface area (TPSA) is 56.7 Å². The van der Waals surface area contributed by atoms with Crippen molar-refractivity contribution in [2.45, 2.75) is 11.9 Å². The van der Waals surface area contributed by atoms with E-state index in [4.69, 9.17) is 4.52 Å². The van der Waals surface area contributed by atoms with Gasteiger partial charge in [0.2, 0.25) is 0 Å². The monoisotopic (exact) mass is 242 g/mol. The fourth-order valence-corrected chi connectivity index (χ4v) is 1.42. The minimum atomic E-state index is 0.570. The Balaban J connectivity index is 2.18. The van der Waals surface area contributed by atoms with Crippen LogP contribution in [0.25, 0.3) is 0 Å². The summed E-state index contributed by atoms with van der Waals surface area (Å²) < 4.78 is 6.71. The maximum atomic E-state index is 4.95. The summed E-state index contributed by atoms with van der Waals surface area (Å²) in [5.41, 5.74) is 1.01. The van der Waals surface area contributed by atoms with Crippen molar-refractivity contribution in [1.82, 2.24) is 20.2 Å². The molecule has 0 aliphatic rings. The molecule has 2 rings (SSSR count). The number of hydrogen-bond donors (Lipinski definition) is 0. The Labute approximate surface area is 82.8 Å². The van der Waals surface area contributed by atoms with E-state index in [2.05, 4.69) is 31.4 Å². The fraction of sp³-hybridized carbons (Fsp3) is 0.286. The van der Waals surface area contributed by atoms with Gasteiger partial charge in [0, 0.05) is 11.4 Å². The molecule has 0 unspecified atom stereocenters. The molecule has 0 spiro atoms. The Morgan fingerprint density at radius 2 is 2.46 bits per heavy atom. The van der Waals surface area contributed by atoms with E-state index in [1.165, 1.54) is 0 Å². The summed E-state index contributed by atoms with van der Waals surface area (Å²) in [5.74, 6) is 0.771. The summed E-state index contributed by atoms with van der Waals surface area (Å²) in [6, 6.07) is 1.81. The lowest BCUT2D eigenvalue weighted by Gasteiger charge is -1.99. The number of alkyl halides is 1. The van der Waals surface area contributed by atoms with E-state index in [0.717, 1.165) is 16.8 Å². The average Bonchev–Trinajstić information content (AvgIpc) is 2.76. The SMILES string of the molecule is BrCc1cnnn1Cc1ccno1. The highest BCUT2D eigenvalue weighted by Crippen LogP contribution is 2.06. The molecule has 0 amide bonds. The lowest BCUT2D eigenvalue weighted by molar-refractivity contribution is 0.368. The van der Waals surface area contributed by atoms with E-state index in [9.17, 15) is 0 Å². The predicted octanol–water partition coefficient (Wildman–Crippen LogP) is 1.21. The highest BCUT2D eigenvalue weighted by atomic mass is 79.9. The zero-order valence-corrected chi connectivity index (χ0v) is 8.31. The molecule has 0 atom stereocenters. The molecule has 2 heterocycles. The van der Waals surface area contributed by atoms with Crippen LogP contribution in [0.4, 0.5) is 0 Å². The van der Waals surface area contributed by atoms with Crippen LogP contribution >= 0.6 is 15.9 Å². The molecule has 0 aliphatic heterocycles. The van der Waals surface area contributed by atoms with Gasteiger partial charge in [0.15, 0.2) is 5.76 Å². The first kappa shape index (κ1) is 8.43. The Hall–Kier alpha value is -1.17. The molecule has 0 bridgehead atoms. The van der Waals surface area contributed by atoms with Gasteiger partial charge < -0.3 is 4.52 Å². The Morgan fingerprint density at radius 3 is 3.15 bits per heavy atom. The first-order chi connectivity index (χ1) is 6.40. The fourth-order valence-electron chi connectivity index (χ4n) is 0.987. The van der Waals surface area contributed by atoms with Gasteiger partial charge in [-0.3, -0.25) is 0 Å². The summed E-state index contributed by atoms with van der Waals surface area (Å²) >= 11 is 3.34. The molecular weight excluding hydrogens is 236 g/mol. The second-order valence-corrected chi connectivity index (χ2v) is 3.06. The van der Waals surface area contributed by atoms with Crippen molar-refractivity contribution in [3.05, 3.63) is 29.9 Å². The predicted molar refractivity (Wildman–Crippen MR) is 48.3 cm³/mol. The molecule has 0 saturated heterocycles. The van der Waals surface area contributed by atoms with Crippen molar-refractivity contribution in [3.8, 4) is 0 Å². The van der Waals surface area contributed by atoms with E-state index in [0.29, 0.717) is 6.54 Å². The van der Waals surface area contributed by atoms with Gasteiger partial charge in [-0.2, -0.15) is 0 Å². The average molecular weight is 243 g/mol. The van der Waals surface area contributed by atoms with Crippen LogP contribution in [0, 0.1) is 0 Å². The zero-order valence-electron chi connectivity index (χ0n) is 6.72. The van der Waals surface area contributed by atoms with Gasteiger partial charge in [0.1, 0.15) is 6.54 Å². The first-order valence-corrected chi connectivity index (χ1v) is 4.85. The lowest BCUT2D eigenvalue weighted by atomic mass is 10.4. The van der Waals surface area contributed by atoms with Gasteiger partial charge in [-0.25, -0.2) is 4.68 Å². The van der Waals surface area contributed by atoms with Crippen molar-refractivity contribution in [3.63, 3.8) is 0 Å². The van der Waals surface area contributed by atoms with Crippen LogP contribution in [0.3, 0.4) is 0 Å². The minimum absolute atomic E-state index is 0.570. The van der Waals surface area contributed by atoms with Crippen LogP contribution in [0.2, 0.25) is 0 Å². The Bertz CT molecular complexity index is 370. The Morgan fingerprint density at radius 1 is 1.54 bits per heavy atom. The molecule has 0 aliphatic carbocycles. The number of aromatic nitrogens is 4. The molecule has 13 heavy (non-hydrogen) atoms. The number of hydrogen-bond acceptors (Lipinski definition) is 4. The molecule has 5 nitrogen and oxygen atoms in total. The summed E-state index contributed by atoms with van der Waals surface area (Å²) in [6.45, 7) is 0.570. The third kappa shape index (κ3) is 1.77. The largest absolute Gasteiger partial charge is 0.359 e. The normalized spacial score (nSPS) is 10.5. The van der Waals surface area contributed by atoms with Gasteiger partial charge in [-0.15, -0.1) is 5.10 Å². The summed E-state index contributed by atoms with van der Waals surface area (Å²) in [6.07, 6.45) is 3.32. The quantitative estimate of drug-likeness (QED) is 0.760. The van der Waals surface area contributed by atoms with Crippen molar-refractivity contribution >= 4 is 15.9 Å². The van der Waals surface area contributed by atoms with Crippen molar-refractivity contribution in [1.29, 1.82) is 0 Å². The molecule has 6 heteroatoms. The second-order valence-electron chi connectivity index (χ2n) is 2.50. The van der Waals surface area contributed by atoms with Gasteiger partial charge >= 0.3 is 0 Å². The van der Waals surface area contributed by atoms with Gasteiger partial charge in [-0.1, -0.05) is 26.3 Å². The van der Waals surface area contributed by atoms with Crippen LogP contribution < -0.4 is 0 Å². The van der Waals surface area contributed by atoms with Crippen LogP contribution in [0.15, 0.2) is 23.0 Å². The second kappa shape index (κ2) is 3.69. The van der Waals surface area contributed by atoms with Crippen LogP contribution in [0.1, 0.15) is 11.5 Å². The zero-order chi connectivity index (χ0) is 9.10. The molecule has 0 radical (unpaired) electrons. The highest BCUT2D eigenvalue weighted by Gasteiger charge is 2.04. The van der Waals surface area contributed by atoms with Crippen molar-refractivity contribution < 1.29 is 4.52 Å². The lowest BCUT2D eigenvalue weighted by Crippen LogP contribution is -2.04. The Kier molecular flexibility index (Phi) is 2.40. The van der Waals surface area contributed by atoms with Crippen molar-refractivity contribution in [2.75, 3.05) is 0 Å². The summed E-state index contributed by atoms with van der Waals surface area (Å²) in [4.78, 5) is 0. The minimum Gasteiger partial charge on any atom is -0.359 e. The van der Waals surface area contributed by atoms with Crippen LogP contribution in [0.5, 0.6) is 0 Å². The van der Waals surface area contributed by atoms with Crippen molar-refractivity contribution in [2.24, 2.45) is 0 Å². The molecular formula is C7H7BrN4O. The molecule has 0 N–H and O–H groups in total. The number of nitrogens with zero attached hydrogens (tertiary/aromatic N) is 4. The van der Waals surface area contributed by atoms with E-state index in [1.807, 2.05) is 0 Å². The summed E-state index contributed by atoms with van der Waals surface area (Å²) in [7, 11) is 0. The van der Waals surface area contributed by atoms with E-state index >= 15 is 0 Å². The third-order valence-electron chi connectivity index (χ3n) is 1.63. The standard InChI is InChI=1S/C7H7BrN4O/c8-3-6-4-9-11-12(6)5-7-1-2-10-13-7/h1-2,4H,3,5H2. The number of halogens is 1. The van der Waals surface area contributed by atoms with Gasteiger partial charge in [0.25, 0.3) is 0 Å². The van der Waals surface area contributed by atoms with Crippen LogP contribution in [-0.4, -0.2) is 20.2 Å². The molecule has 2 aromatic heterocycles. The smallest absolute Gasteiger partial charge is 0.158 e. The van der Waals surface area contributed by atoms with Gasteiger partial charge in [0.05, 0.1) is 18.1 Å². The maximum Gasteiger partial charge on any atom is 0.158 e. The maximum absolute atomic E-state index is 4.95. The van der Waals surface area contributed by atoms with Crippen LogP contribution in [-0.2, 0) is 11.9 Å². The van der Waals surface area contributed by atoms with E-state index < -0.39 is 0 Å². The van der Waals surface area contributed by atoms with E-state index in [-0.39, 0.29) is 0 Å². The molecule has 0 saturated carbocycles. The first-order valence-electron chi connectivity index (χ1n) is 3.73. The number of rotatable bonds is 3. The van der Waals surface area contributed by atoms with Gasteiger partial charge in [-0.05, 0) is 0 Å². The summed E-state index contributed by atoms with van der Waals surface area (Å²) in [5, 5.41) is 12.0. The highest BCUT2D eigenvalue weighted by molar-refractivity contribution is 9.08. The van der Waals surface area contributed by atoms with E-state index in [1.54, 1.807) is 23.1 Å². The molecule has 0 aromatic carbocycles. The molecule has 68 valence electrons. The molecule has 0 fully saturated rings. The molecule has 2 aromatic rings. The third-order valence-corrected chi connectivity index (χ3v) is 2.21.